The number of aromatic nitrogens is 3. The van der Waals surface area contributed by atoms with E-state index >= 15 is 0 Å². The third-order valence-corrected chi connectivity index (χ3v) is 6.22. The van der Waals surface area contributed by atoms with Crippen LogP contribution in [0.4, 0.5) is 10.2 Å². The van der Waals surface area contributed by atoms with Crippen molar-refractivity contribution in [1.29, 1.82) is 0 Å². The maximum absolute atomic E-state index is 13.2. The van der Waals surface area contributed by atoms with Gasteiger partial charge >= 0.3 is 0 Å². The van der Waals surface area contributed by atoms with Crippen molar-refractivity contribution in [3.05, 3.63) is 41.0 Å². The summed E-state index contributed by atoms with van der Waals surface area (Å²) in [5.74, 6) is 1.84. The summed E-state index contributed by atoms with van der Waals surface area (Å²) >= 11 is 3.56. The van der Waals surface area contributed by atoms with Crippen molar-refractivity contribution in [2.24, 2.45) is 0 Å². The number of hydrogen-bond donors (Lipinski definition) is 0. The lowest BCUT2D eigenvalue weighted by molar-refractivity contribution is 0.0843. The normalized spacial score (nSPS) is 14.8. The van der Waals surface area contributed by atoms with E-state index in [1.807, 2.05) is 27.8 Å². The van der Waals surface area contributed by atoms with E-state index in [1.165, 1.54) is 0 Å². The molecule has 0 atom stereocenters. The predicted octanol–water partition coefficient (Wildman–Crippen LogP) is 3.87. The number of hydrogen-bond acceptors (Lipinski definition) is 4. The van der Waals surface area contributed by atoms with Crippen LogP contribution in [-0.2, 0) is 22.4 Å². The molecule has 1 aromatic carbocycles. The molecule has 0 spiro atoms. The summed E-state index contributed by atoms with van der Waals surface area (Å²) in [6.45, 7) is 1.95. The standard InChI is InChI=1S/C20H23BrFN4OS/c1-28(2)8-7-27-13-26-18-4-3-15(21)10-17(18)20(24-26)14-5-6-23-19(9-14)25-11-16(22)12-25/h3-6,9-10,16H,7-8,11-13H2,1-2H3/q+1. The van der Waals surface area contributed by atoms with Gasteiger partial charge in [-0.25, -0.2) is 14.1 Å². The summed E-state index contributed by atoms with van der Waals surface area (Å²) in [5.41, 5.74) is 2.88. The Labute approximate surface area is 175 Å². The molecule has 0 saturated carbocycles. The van der Waals surface area contributed by atoms with E-state index in [4.69, 9.17) is 9.84 Å². The van der Waals surface area contributed by atoms with Gasteiger partial charge in [0.15, 0.2) is 0 Å². The van der Waals surface area contributed by atoms with Crippen LogP contribution in [0.1, 0.15) is 0 Å². The van der Waals surface area contributed by atoms with E-state index in [1.54, 1.807) is 6.20 Å². The Kier molecular flexibility index (Phi) is 5.89. The number of fused-ring (bicyclic) bond motifs is 1. The summed E-state index contributed by atoms with van der Waals surface area (Å²) < 4.78 is 22.0. The van der Waals surface area contributed by atoms with Crippen LogP contribution >= 0.6 is 15.9 Å². The van der Waals surface area contributed by atoms with Gasteiger partial charge in [0.2, 0.25) is 0 Å². The van der Waals surface area contributed by atoms with Crippen molar-refractivity contribution in [2.75, 3.05) is 42.9 Å². The Morgan fingerprint density at radius 2 is 2.07 bits per heavy atom. The van der Waals surface area contributed by atoms with Crippen LogP contribution in [0.3, 0.4) is 0 Å². The SMILES string of the molecule is C[S+](C)CCOCn1nc(-c2ccnc(N3CC(F)C3)c2)c2cc(Br)ccc21. The van der Waals surface area contributed by atoms with Gasteiger partial charge in [-0.1, -0.05) is 15.9 Å². The lowest BCUT2D eigenvalue weighted by Gasteiger charge is -2.35. The van der Waals surface area contributed by atoms with Gasteiger partial charge in [-0.2, -0.15) is 5.10 Å². The molecule has 0 bridgehead atoms. The molecule has 4 rings (SSSR count). The van der Waals surface area contributed by atoms with Crippen molar-refractivity contribution in [3.63, 3.8) is 0 Å². The number of pyridine rings is 1. The second kappa shape index (κ2) is 8.39. The molecule has 0 N–H and O–H groups in total. The molecule has 1 fully saturated rings. The van der Waals surface area contributed by atoms with E-state index in [0.29, 0.717) is 30.7 Å². The number of halogens is 2. The van der Waals surface area contributed by atoms with Gasteiger partial charge in [-0.05, 0) is 41.2 Å². The van der Waals surface area contributed by atoms with Crippen LogP contribution < -0.4 is 4.90 Å². The summed E-state index contributed by atoms with van der Waals surface area (Å²) in [4.78, 5) is 6.34. The third-order valence-electron chi connectivity index (χ3n) is 4.74. The molecule has 0 radical (unpaired) electrons. The van der Waals surface area contributed by atoms with Crippen LogP contribution in [0.25, 0.3) is 22.2 Å². The maximum Gasteiger partial charge on any atom is 0.140 e. The van der Waals surface area contributed by atoms with Crippen LogP contribution in [0.2, 0.25) is 0 Å². The minimum Gasteiger partial charge on any atom is -0.354 e. The molecule has 8 heteroatoms. The van der Waals surface area contributed by atoms with E-state index in [0.717, 1.165) is 44.8 Å². The van der Waals surface area contributed by atoms with Gasteiger partial charge in [0.1, 0.15) is 30.2 Å². The zero-order chi connectivity index (χ0) is 19.7. The summed E-state index contributed by atoms with van der Waals surface area (Å²) in [7, 11) is 0.367. The Morgan fingerprint density at radius 1 is 1.25 bits per heavy atom. The van der Waals surface area contributed by atoms with Crippen molar-refractivity contribution < 1.29 is 9.13 Å². The second-order valence-corrected chi connectivity index (χ2v) is 10.4. The molecule has 5 nitrogen and oxygen atoms in total. The smallest absolute Gasteiger partial charge is 0.140 e. The maximum atomic E-state index is 13.2. The van der Waals surface area contributed by atoms with Gasteiger partial charge in [0.25, 0.3) is 0 Å². The van der Waals surface area contributed by atoms with Gasteiger partial charge in [-0.15, -0.1) is 0 Å². The Morgan fingerprint density at radius 3 is 2.82 bits per heavy atom. The van der Waals surface area contributed by atoms with Gasteiger partial charge < -0.3 is 9.64 Å². The first-order valence-electron chi connectivity index (χ1n) is 9.14. The van der Waals surface area contributed by atoms with Crippen LogP contribution in [0.15, 0.2) is 41.0 Å². The van der Waals surface area contributed by atoms with Crippen molar-refractivity contribution in [1.82, 2.24) is 14.8 Å². The number of benzene rings is 1. The van der Waals surface area contributed by atoms with Gasteiger partial charge in [-0.3, -0.25) is 0 Å². The Hall–Kier alpha value is -1.64. The summed E-state index contributed by atoms with van der Waals surface area (Å²) in [5, 5.41) is 5.88. The highest BCUT2D eigenvalue weighted by molar-refractivity contribution is 9.10. The predicted molar refractivity (Wildman–Crippen MR) is 118 cm³/mol. The largest absolute Gasteiger partial charge is 0.354 e. The number of nitrogens with zero attached hydrogens (tertiary/aromatic N) is 4. The fourth-order valence-electron chi connectivity index (χ4n) is 3.19. The third kappa shape index (κ3) is 4.18. The van der Waals surface area contributed by atoms with Crippen molar-refractivity contribution in [2.45, 2.75) is 12.9 Å². The molecule has 0 amide bonds. The van der Waals surface area contributed by atoms with Crippen LogP contribution in [-0.4, -0.2) is 58.9 Å². The molecule has 28 heavy (non-hydrogen) atoms. The van der Waals surface area contributed by atoms with Gasteiger partial charge in [0.05, 0.1) is 37.7 Å². The molecule has 1 aliphatic heterocycles. The highest BCUT2D eigenvalue weighted by atomic mass is 79.9. The summed E-state index contributed by atoms with van der Waals surface area (Å²) in [6.07, 6.45) is 5.43. The van der Waals surface area contributed by atoms with Crippen LogP contribution in [0, 0.1) is 0 Å². The van der Waals surface area contributed by atoms with E-state index < -0.39 is 6.17 Å². The molecule has 148 valence electrons. The molecule has 1 saturated heterocycles. The Bertz CT molecular complexity index is 974. The van der Waals surface area contributed by atoms with Gasteiger partial charge in [0, 0.05) is 21.6 Å². The molecule has 3 heterocycles. The van der Waals surface area contributed by atoms with E-state index in [2.05, 4.69) is 45.6 Å². The first kappa shape index (κ1) is 19.7. The lowest BCUT2D eigenvalue weighted by Crippen LogP contribution is -2.48. The molecule has 2 aromatic heterocycles. The first-order chi connectivity index (χ1) is 13.5. The zero-order valence-electron chi connectivity index (χ0n) is 15.9. The quantitative estimate of drug-likeness (QED) is 0.392. The molecular formula is C20H23BrFN4OS+. The molecule has 3 aromatic rings. The first-order valence-corrected chi connectivity index (χ1v) is 12.1. The van der Waals surface area contributed by atoms with Crippen molar-refractivity contribution in [3.8, 4) is 11.3 Å². The number of alkyl halides is 1. The topological polar surface area (TPSA) is 43.2 Å². The highest BCUT2D eigenvalue weighted by Crippen LogP contribution is 2.32. The zero-order valence-corrected chi connectivity index (χ0v) is 18.3. The molecule has 0 unspecified atom stereocenters. The fourth-order valence-corrected chi connectivity index (χ4v) is 4.00. The minimum absolute atomic E-state index is 0.367. The van der Waals surface area contributed by atoms with E-state index in [9.17, 15) is 4.39 Å². The fraction of sp³-hybridized carbons (Fsp3) is 0.400. The second-order valence-electron chi connectivity index (χ2n) is 7.14. The lowest BCUT2D eigenvalue weighted by atomic mass is 10.1. The molecule has 0 aliphatic carbocycles. The minimum atomic E-state index is -0.759. The van der Waals surface area contributed by atoms with Crippen molar-refractivity contribution >= 4 is 43.5 Å². The number of rotatable bonds is 7. The number of ether oxygens (including phenoxy) is 1. The molecular weight excluding hydrogens is 443 g/mol. The number of anilines is 1. The van der Waals surface area contributed by atoms with E-state index in [-0.39, 0.29) is 0 Å². The average molecular weight is 466 g/mol. The molecule has 1 aliphatic rings. The monoisotopic (exact) mass is 465 g/mol. The highest BCUT2D eigenvalue weighted by Gasteiger charge is 2.27. The van der Waals surface area contributed by atoms with Crippen LogP contribution in [0.5, 0.6) is 0 Å². The Balaban J connectivity index is 1.65. The summed E-state index contributed by atoms with van der Waals surface area (Å²) in [6, 6.07) is 10.1. The average Bonchev–Trinajstić information content (AvgIpc) is 3.00.